The SMILES string of the molecule is CC(NC(=O)c1cc(Cl)cc(C(F)(F)F)c1)c1nccnc1-c1ccc(OCc2ncccn2)nn1. The number of aromatic nitrogens is 6. The lowest BCUT2D eigenvalue weighted by atomic mass is 10.1. The van der Waals surface area contributed by atoms with Crippen molar-refractivity contribution in [2.75, 3.05) is 0 Å². The molecule has 0 aliphatic rings. The van der Waals surface area contributed by atoms with Crippen LogP contribution < -0.4 is 10.1 Å². The van der Waals surface area contributed by atoms with Gasteiger partial charge in [-0.1, -0.05) is 11.6 Å². The standard InChI is InChI=1S/C23H17ClF3N7O2/c1-13(32-22(35)14-9-15(23(25,26)27)11-16(24)10-14)20-21(31-8-7-30-20)17-3-4-19(34-33-17)36-12-18-28-5-2-6-29-18/h2-11,13H,12H2,1H3,(H,32,35). The van der Waals surface area contributed by atoms with Gasteiger partial charge in [0.25, 0.3) is 5.91 Å². The molecular formula is C23H17ClF3N7O2. The zero-order chi connectivity index (χ0) is 25.7. The van der Waals surface area contributed by atoms with E-state index in [9.17, 15) is 18.0 Å². The molecular weight excluding hydrogens is 499 g/mol. The molecule has 9 nitrogen and oxygen atoms in total. The van der Waals surface area contributed by atoms with E-state index in [-0.39, 0.29) is 23.1 Å². The van der Waals surface area contributed by atoms with E-state index in [2.05, 4.69) is 35.5 Å². The molecule has 13 heteroatoms. The second kappa shape index (κ2) is 10.6. The van der Waals surface area contributed by atoms with Crippen molar-refractivity contribution in [3.8, 4) is 17.3 Å². The van der Waals surface area contributed by atoms with Gasteiger partial charge < -0.3 is 10.1 Å². The van der Waals surface area contributed by atoms with Crippen LogP contribution in [-0.4, -0.2) is 36.0 Å². The zero-order valence-electron chi connectivity index (χ0n) is 18.6. The number of benzene rings is 1. The van der Waals surface area contributed by atoms with E-state index in [4.69, 9.17) is 16.3 Å². The molecule has 1 unspecified atom stereocenters. The van der Waals surface area contributed by atoms with E-state index in [1.165, 1.54) is 12.4 Å². The lowest BCUT2D eigenvalue weighted by Crippen LogP contribution is -2.28. The Morgan fingerprint density at radius 3 is 2.47 bits per heavy atom. The van der Waals surface area contributed by atoms with Crippen molar-refractivity contribution in [3.05, 3.63) is 88.9 Å². The smallest absolute Gasteiger partial charge is 0.416 e. The Morgan fingerprint density at radius 2 is 1.78 bits per heavy atom. The summed E-state index contributed by atoms with van der Waals surface area (Å²) in [6.07, 6.45) is 1.41. The third-order valence-electron chi connectivity index (χ3n) is 4.82. The summed E-state index contributed by atoms with van der Waals surface area (Å²) in [4.78, 5) is 29.4. The summed E-state index contributed by atoms with van der Waals surface area (Å²) >= 11 is 5.79. The minimum absolute atomic E-state index is 0.105. The van der Waals surface area contributed by atoms with Crippen LogP contribution in [0.5, 0.6) is 5.88 Å². The first-order chi connectivity index (χ1) is 17.2. The fraction of sp³-hybridized carbons (Fsp3) is 0.174. The quantitative estimate of drug-likeness (QED) is 0.383. The van der Waals surface area contributed by atoms with Crippen molar-refractivity contribution in [1.82, 2.24) is 35.5 Å². The summed E-state index contributed by atoms with van der Waals surface area (Å²) in [5.74, 6) is -0.0456. The summed E-state index contributed by atoms with van der Waals surface area (Å²) in [7, 11) is 0. The molecule has 0 saturated carbocycles. The molecule has 36 heavy (non-hydrogen) atoms. The van der Waals surface area contributed by atoms with Crippen LogP contribution in [0.2, 0.25) is 5.02 Å². The van der Waals surface area contributed by atoms with E-state index < -0.39 is 23.7 Å². The van der Waals surface area contributed by atoms with Gasteiger partial charge in [0.05, 0.1) is 17.3 Å². The number of carbonyl (C=O) groups excluding carboxylic acids is 1. The van der Waals surface area contributed by atoms with Gasteiger partial charge in [0, 0.05) is 41.4 Å². The predicted molar refractivity (Wildman–Crippen MR) is 122 cm³/mol. The van der Waals surface area contributed by atoms with Gasteiger partial charge in [-0.05, 0) is 37.3 Å². The monoisotopic (exact) mass is 515 g/mol. The van der Waals surface area contributed by atoms with Crippen molar-refractivity contribution in [2.45, 2.75) is 25.7 Å². The molecule has 0 fully saturated rings. The molecule has 1 amide bonds. The maximum absolute atomic E-state index is 13.1. The summed E-state index contributed by atoms with van der Waals surface area (Å²) < 4.78 is 44.8. The van der Waals surface area contributed by atoms with Crippen molar-refractivity contribution in [3.63, 3.8) is 0 Å². The molecule has 0 aliphatic heterocycles. The van der Waals surface area contributed by atoms with Crippen LogP contribution >= 0.6 is 11.6 Å². The fourth-order valence-electron chi connectivity index (χ4n) is 3.16. The molecule has 3 aromatic heterocycles. The number of alkyl halides is 3. The molecule has 184 valence electrons. The molecule has 0 saturated heterocycles. The molecule has 4 aromatic rings. The number of halogens is 4. The normalized spacial score (nSPS) is 12.1. The summed E-state index contributed by atoms with van der Waals surface area (Å²) in [6, 6.07) is 6.79. The molecule has 0 bridgehead atoms. The molecule has 0 radical (unpaired) electrons. The molecule has 0 spiro atoms. The molecule has 0 aliphatic carbocycles. The number of hydrogen-bond donors (Lipinski definition) is 1. The predicted octanol–water partition coefficient (Wildman–Crippen LogP) is 4.47. The number of ether oxygens (including phenoxy) is 1. The number of hydrogen-bond acceptors (Lipinski definition) is 8. The topological polar surface area (TPSA) is 116 Å². The Bertz CT molecular complexity index is 1360. The highest BCUT2D eigenvalue weighted by atomic mass is 35.5. The third-order valence-corrected chi connectivity index (χ3v) is 5.04. The average molecular weight is 516 g/mol. The van der Waals surface area contributed by atoms with Crippen LogP contribution in [0, 0.1) is 0 Å². The second-order valence-electron chi connectivity index (χ2n) is 7.42. The number of carbonyl (C=O) groups is 1. The first-order valence-corrected chi connectivity index (χ1v) is 10.8. The van der Waals surface area contributed by atoms with E-state index in [0.29, 0.717) is 22.9 Å². The molecule has 1 atom stereocenters. The molecule has 4 rings (SSSR count). The van der Waals surface area contributed by atoms with Crippen LogP contribution in [0.15, 0.2) is 61.2 Å². The average Bonchev–Trinajstić information content (AvgIpc) is 2.87. The van der Waals surface area contributed by atoms with Gasteiger partial charge in [0.15, 0.2) is 5.82 Å². The minimum atomic E-state index is -4.65. The van der Waals surface area contributed by atoms with Crippen molar-refractivity contribution >= 4 is 17.5 Å². The number of nitrogens with zero attached hydrogens (tertiary/aromatic N) is 6. The van der Waals surface area contributed by atoms with E-state index >= 15 is 0 Å². The van der Waals surface area contributed by atoms with Crippen LogP contribution in [0.1, 0.15) is 40.4 Å². The summed E-state index contributed by atoms with van der Waals surface area (Å²) in [5, 5.41) is 10.6. The van der Waals surface area contributed by atoms with Crippen LogP contribution in [-0.2, 0) is 12.8 Å². The van der Waals surface area contributed by atoms with Crippen molar-refractivity contribution in [2.24, 2.45) is 0 Å². The zero-order valence-corrected chi connectivity index (χ0v) is 19.3. The first kappa shape index (κ1) is 24.9. The lowest BCUT2D eigenvalue weighted by Gasteiger charge is -2.17. The Morgan fingerprint density at radius 1 is 1.03 bits per heavy atom. The highest BCUT2D eigenvalue weighted by Crippen LogP contribution is 2.32. The largest absolute Gasteiger partial charge is 0.468 e. The van der Waals surface area contributed by atoms with Gasteiger partial charge in [-0.15, -0.1) is 10.2 Å². The van der Waals surface area contributed by atoms with Gasteiger partial charge >= 0.3 is 6.18 Å². The van der Waals surface area contributed by atoms with Gasteiger partial charge in [-0.2, -0.15) is 13.2 Å². The molecule has 1 N–H and O–H groups in total. The number of amides is 1. The van der Waals surface area contributed by atoms with Crippen molar-refractivity contribution in [1.29, 1.82) is 0 Å². The van der Waals surface area contributed by atoms with Crippen LogP contribution in [0.3, 0.4) is 0 Å². The van der Waals surface area contributed by atoms with Gasteiger partial charge in [0.1, 0.15) is 18.0 Å². The second-order valence-corrected chi connectivity index (χ2v) is 7.86. The van der Waals surface area contributed by atoms with Gasteiger partial charge in [-0.3, -0.25) is 14.8 Å². The Labute approximate surface area is 207 Å². The maximum Gasteiger partial charge on any atom is 0.416 e. The van der Waals surface area contributed by atoms with Gasteiger partial charge in [0.2, 0.25) is 5.88 Å². The minimum Gasteiger partial charge on any atom is -0.468 e. The summed E-state index contributed by atoms with van der Waals surface area (Å²) in [5.41, 5.74) is -0.243. The highest BCUT2D eigenvalue weighted by molar-refractivity contribution is 6.31. The fourth-order valence-corrected chi connectivity index (χ4v) is 3.40. The van der Waals surface area contributed by atoms with Crippen LogP contribution in [0.4, 0.5) is 13.2 Å². The van der Waals surface area contributed by atoms with E-state index in [0.717, 1.165) is 18.2 Å². The lowest BCUT2D eigenvalue weighted by molar-refractivity contribution is -0.137. The Kier molecular flexibility index (Phi) is 7.34. The molecule has 1 aromatic carbocycles. The summed E-state index contributed by atoms with van der Waals surface area (Å²) in [6.45, 7) is 1.72. The van der Waals surface area contributed by atoms with Crippen LogP contribution in [0.25, 0.3) is 11.4 Å². The first-order valence-electron chi connectivity index (χ1n) is 10.4. The maximum atomic E-state index is 13.1. The number of rotatable bonds is 7. The Hall–Kier alpha value is -4.19. The number of nitrogens with one attached hydrogen (secondary N) is 1. The third kappa shape index (κ3) is 6.08. The molecule has 3 heterocycles. The van der Waals surface area contributed by atoms with E-state index in [1.54, 1.807) is 37.5 Å². The van der Waals surface area contributed by atoms with E-state index in [1.807, 2.05) is 0 Å². The van der Waals surface area contributed by atoms with Crippen molar-refractivity contribution < 1.29 is 22.7 Å². The highest BCUT2D eigenvalue weighted by Gasteiger charge is 2.32. The Balaban J connectivity index is 1.50. The van der Waals surface area contributed by atoms with Gasteiger partial charge in [-0.25, -0.2) is 9.97 Å².